The van der Waals surface area contributed by atoms with Gasteiger partial charge in [-0.15, -0.1) is 11.6 Å². The maximum Gasteiger partial charge on any atom is 0.225 e. The second-order valence-corrected chi connectivity index (χ2v) is 4.98. The molecule has 0 saturated carbocycles. The highest BCUT2D eigenvalue weighted by atomic mass is 35.5. The fourth-order valence-electron chi connectivity index (χ4n) is 2.35. The zero-order valence-electron chi connectivity index (χ0n) is 10.4. The molecule has 0 bridgehead atoms. The summed E-state index contributed by atoms with van der Waals surface area (Å²) in [7, 11) is 0. The van der Waals surface area contributed by atoms with Crippen LogP contribution in [0.15, 0.2) is 12.4 Å². The highest BCUT2D eigenvalue weighted by Gasteiger charge is 2.17. The molecule has 1 aliphatic heterocycles. The number of hydrogen-bond donors (Lipinski definition) is 0. The minimum atomic E-state index is 0.484. The predicted molar refractivity (Wildman–Crippen MR) is 71.4 cm³/mol. The second kappa shape index (κ2) is 6.20. The molecule has 0 aliphatic carbocycles. The molecule has 94 valence electrons. The van der Waals surface area contributed by atoms with Crippen LogP contribution in [0.2, 0.25) is 0 Å². The molecule has 0 amide bonds. The van der Waals surface area contributed by atoms with Crippen LogP contribution in [0, 0.1) is 5.92 Å². The van der Waals surface area contributed by atoms with Crippen molar-refractivity contribution in [1.29, 1.82) is 0 Å². The molecule has 1 atom stereocenters. The van der Waals surface area contributed by atoms with E-state index in [0.717, 1.165) is 30.5 Å². The number of rotatable bonds is 3. The molecule has 0 spiro atoms. The van der Waals surface area contributed by atoms with E-state index in [2.05, 4.69) is 21.8 Å². The van der Waals surface area contributed by atoms with Gasteiger partial charge in [0.05, 0.1) is 5.88 Å². The van der Waals surface area contributed by atoms with Gasteiger partial charge in [0, 0.05) is 31.0 Å². The van der Waals surface area contributed by atoms with Crippen LogP contribution in [0.5, 0.6) is 0 Å². The molecule has 0 N–H and O–H groups in total. The minimum absolute atomic E-state index is 0.484. The van der Waals surface area contributed by atoms with Crippen LogP contribution in [-0.4, -0.2) is 23.1 Å². The van der Waals surface area contributed by atoms with Gasteiger partial charge in [0.15, 0.2) is 0 Å². The first-order valence-corrected chi connectivity index (χ1v) is 6.98. The van der Waals surface area contributed by atoms with Crippen molar-refractivity contribution in [3.05, 3.63) is 18.0 Å². The van der Waals surface area contributed by atoms with E-state index >= 15 is 0 Å². The van der Waals surface area contributed by atoms with Crippen LogP contribution < -0.4 is 4.90 Å². The molecule has 1 aromatic heterocycles. The summed E-state index contributed by atoms with van der Waals surface area (Å²) in [5.41, 5.74) is 0.983. The highest BCUT2D eigenvalue weighted by Crippen LogP contribution is 2.22. The van der Waals surface area contributed by atoms with Crippen molar-refractivity contribution in [2.24, 2.45) is 5.92 Å². The summed E-state index contributed by atoms with van der Waals surface area (Å²) in [4.78, 5) is 11.1. The van der Waals surface area contributed by atoms with Crippen molar-refractivity contribution in [3.63, 3.8) is 0 Å². The van der Waals surface area contributed by atoms with Crippen molar-refractivity contribution >= 4 is 17.5 Å². The van der Waals surface area contributed by atoms with Gasteiger partial charge in [0.1, 0.15) is 0 Å². The van der Waals surface area contributed by atoms with E-state index in [9.17, 15) is 0 Å². The quantitative estimate of drug-likeness (QED) is 0.775. The largest absolute Gasteiger partial charge is 0.341 e. The highest BCUT2D eigenvalue weighted by molar-refractivity contribution is 6.17. The molecule has 3 nitrogen and oxygen atoms in total. The number of nitrogens with zero attached hydrogens (tertiary/aromatic N) is 3. The number of alkyl halides is 1. The van der Waals surface area contributed by atoms with Gasteiger partial charge in [-0.2, -0.15) is 0 Å². The Hall–Kier alpha value is -0.830. The predicted octanol–water partition coefficient (Wildman–Crippen LogP) is 3.23. The first-order chi connectivity index (χ1) is 8.33. The SMILES string of the molecule is CCC1CCCN(c2ncc(CCl)cn2)CC1. The van der Waals surface area contributed by atoms with Crippen LogP contribution in [-0.2, 0) is 5.88 Å². The van der Waals surface area contributed by atoms with Gasteiger partial charge in [-0.05, 0) is 25.2 Å². The average Bonchev–Trinajstić information content (AvgIpc) is 2.64. The van der Waals surface area contributed by atoms with E-state index in [4.69, 9.17) is 11.6 Å². The van der Waals surface area contributed by atoms with E-state index in [1.54, 1.807) is 0 Å². The minimum Gasteiger partial charge on any atom is -0.341 e. The molecule has 1 fully saturated rings. The summed E-state index contributed by atoms with van der Waals surface area (Å²) in [6, 6.07) is 0. The third-order valence-electron chi connectivity index (χ3n) is 3.55. The molecule has 1 aromatic rings. The lowest BCUT2D eigenvalue weighted by Gasteiger charge is -2.20. The molecule has 17 heavy (non-hydrogen) atoms. The lowest BCUT2D eigenvalue weighted by atomic mass is 9.98. The Morgan fingerprint density at radius 1 is 1.29 bits per heavy atom. The molecule has 2 heterocycles. The summed E-state index contributed by atoms with van der Waals surface area (Å²) in [6.45, 7) is 4.45. The maximum absolute atomic E-state index is 5.74. The molecular formula is C13H20ClN3. The average molecular weight is 254 g/mol. The van der Waals surface area contributed by atoms with Crippen molar-refractivity contribution in [3.8, 4) is 0 Å². The van der Waals surface area contributed by atoms with Gasteiger partial charge in [0.25, 0.3) is 0 Å². The van der Waals surface area contributed by atoms with Gasteiger partial charge in [-0.1, -0.05) is 13.3 Å². The van der Waals surface area contributed by atoms with E-state index in [1.165, 1.54) is 25.7 Å². The summed E-state index contributed by atoms with van der Waals surface area (Å²) >= 11 is 5.74. The molecule has 1 aliphatic rings. The lowest BCUT2D eigenvalue weighted by molar-refractivity contribution is 0.459. The fourth-order valence-corrected chi connectivity index (χ4v) is 2.49. The second-order valence-electron chi connectivity index (χ2n) is 4.72. The van der Waals surface area contributed by atoms with Gasteiger partial charge in [-0.25, -0.2) is 9.97 Å². The standard InChI is InChI=1S/C13H20ClN3/c1-2-11-4-3-6-17(7-5-11)13-15-9-12(8-14)10-16-13/h9-11H,2-8H2,1H3. The molecule has 0 aromatic carbocycles. The summed E-state index contributed by atoms with van der Waals surface area (Å²) < 4.78 is 0. The van der Waals surface area contributed by atoms with Crippen LogP contribution >= 0.6 is 11.6 Å². The first-order valence-electron chi connectivity index (χ1n) is 6.45. The Morgan fingerprint density at radius 2 is 2.06 bits per heavy atom. The third kappa shape index (κ3) is 3.32. The Labute approximate surface area is 108 Å². The van der Waals surface area contributed by atoms with Gasteiger partial charge in [0.2, 0.25) is 5.95 Å². The van der Waals surface area contributed by atoms with E-state index in [0.29, 0.717) is 5.88 Å². The summed E-state index contributed by atoms with van der Waals surface area (Å²) in [6.07, 6.45) is 8.80. The smallest absolute Gasteiger partial charge is 0.225 e. The van der Waals surface area contributed by atoms with Gasteiger partial charge in [-0.3, -0.25) is 0 Å². The van der Waals surface area contributed by atoms with Crippen molar-refractivity contribution in [2.45, 2.75) is 38.5 Å². The molecular weight excluding hydrogens is 234 g/mol. The third-order valence-corrected chi connectivity index (χ3v) is 3.86. The summed E-state index contributed by atoms with van der Waals surface area (Å²) in [5, 5.41) is 0. The van der Waals surface area contributed by atoms with Crippen LogP contribution in [0.4, 0.5) is 5.95 Å². The monoisotopic (exact) mass is 253 g/mol. The number of aromatic nitrogens is 2. The zero-order valence-corrected chi connectivity index (χ0v) is 11.2. The Kier molecular flexibility index (Phi) is 4.60. The Bertz CT molecular complexity index is 339. The Morgan fingerprint density at radius 3 is 2.71 bits per heavy atom. The first kappa shape index (κ1) is 12.6. The number of halogens is 1. The van der Waals surface area contributed by atoms with E-state index in [1.807, 2.05) is 12.4 Å². The van der Waals surface area contributed by atoms with Gasteiger partial charge >= 0.3 is 0 Å². The maximum atomic E-state index is 5.74. The topological polar surface area (TPSA) is 29.0 Å². The van der Waals surface area contributed by atoms with Gasteiger partial charge < -0.3 is 4.90 Å². The fraction of sp³-hybridized carbons (Fsp3) is 0.692. The molecule has 4 heteroatoms. The van der Waals surface area contributed by atoms with E-state index in [-0.39, 0.29) is 0 Å². The van der Waals surface area contributed by atoms with Crippen molar-refractivity contribution in [1.82, 2.24) is 9.97 Å². The number of anilines is 1. The zero-order chi connectivity index (χ0) is 12.1. The molecule has 1 saturated heterocycles. The number of hydrogen-bond acceptors (Lipinski definition) is 3. The summed E-state index contributed by atoms with van der Waals surface area (Å²) in [5.74, 6) is 2.22. The Balaban J connectivity index is 2.01. The van der Waals surface area contributed by atoms with Crippen molar-refractivity contribution in [2.75, 3.05) is 18.0 Å². The van der Waals surface area contributed by atoms with Crippen molar-refractivity contribution < 1.29 is 0 Å². The molecule has 1 unspecified atom stereocenters. The lowest BCUT2D eigenvalue weighted by Crippen LogP contribution is -2.26. The van der Waals surface area contributed by atoms with Crippen LogP contribution in [0.25, 0.3) is 0 Å². The molecule has 0 radical (unpaired) electrons. The normalized spacial score (nSPS) is 21.3. The van der Waals surface area contributed by atoms with E-state index < -0.39 is 0 Å². The van der Waals surface area contributed by atoms with Crippen LogP contribution in [0.1, 0.15) is 38.2 Å². The molecule has 2 rings (SSSR count). The van der Waals surface area contributed by atoms with Crippen LogP contribution in [0.3, 0.4) is 0 Å².